The molecule has 3 heteroatoms. The molecule has 86 valence electrons. The molecule has 2 aliphatic carbocycles. The van der Waals surface area contributed by atoms with E-state index in [1.165, 1.54) is 12.8 Å². The highest BCUT2D eigenvalue weighted by atomic mass is 16.4. The Morgan fingerprint density at radius 3 is 2.60 bits per heavy atom. The largest absolute Gasteiger partial charge is 0.481 e. The van der Waals surface area contributed by atoms with Gasteiger partial charge in [0.05, 0.1) is 0 Å². The van der Waals surface area contributed by atoms with E-state index in [9.17, 15) is 4.79 Å². The van der Waals surface area contributed by atoms with Crippen molar-refractivity contribution in [3.63, 3.8) is 0 Å². The van der Waals surface area contributed by atoms with Crippen LogP contribution in [0.5, 0.6) is 0 Å². The fraction of sp³-hybridized carbons (Fsp3) is 0.917. The van der Waals surface area contributed by atoms with E-state index in [0.717, 1.165) is 12.8 Å². The summed E-state index contributed by atoms with van der Waals surface area (Å²) in [7, 11) is 0. The number of carbonyl (C=O) groups is 1. The van der Waals surface area contributed by atoms with Crippen molar-refractivity contribution in [3.05, 3.63) is 0 Å². The van der Waals surface area contributed by atoms with Crippen LogP contribution in [0.25, 0.3) is 0 Å². The monoisotopic (exact) mass is 211 g/mol. The van der Waals surface area contributed by atoms with Gasteiger partial charge in [0.1, 0.15) is 0 Å². The predicted octanol–water partition coefficient (Wildman–Crippen LogP) is 2.00. The highest BCUT2D eigenvalue weighted by molar-refractivity contribution is 5.66. The van der Waals surface area contributed by atoms with Crippen molar-refractivity contribution in [2.24, 2.45) is 22.5 Å². The summed E-state index contributed by atoms with van der Waals surface area (Å²) in [5.74, 6) is -0.0310. The standard InChI is InChI=1S/C12H21NO2/c1-11(6-4-10(14)15)8-3-5-12(11,2)9(13)7-8/h8-9H,3-7,13H2,1-2H3,(H,14,15)/t8-,9+,11-,12-/m1/s1. The number of aliphatic carboxylic acids is 1. The van der Waals surface area contributed by atoms with E-state index in [1.54, 1.807) is 0 Å². The van der Waals surface area contributed by atoms with Crippen LogP contribution < -0.4 is 5.73 Å². The van der Waals surface area contributed by atoms with Gasteiger partial charge in [-0.25, -0.2) is 0 Å². The molecule has 0 amide bonds. The summed E-state index contributed by atoms with van der Waals surface area (Å²) in [6, 6.07) is 0.273. The average molecular weight is 211 g/mol. The van der Waals surface area contributed by atoms with Crippen molar-refractivity contribution >= 4 is 5.97 Å². The molecule has 2 aliphatic rings. The van der Waals surface area contributed by atoms with E-state index < -0.39 is 5.97 Å². The summed E-state index contributed by atoms with van der Waals surface area (Å²) in [5, 5.41) is 8.80. The van der Waals surface area contributed by atoms with E-state index in [4.69, 9.17) is 10.8 Å². The first kappa shape index (κ1) is 10.9. The molecule has 2 fully saturated rings. The van der Waals surface area contributed by atoms with E-state index in [-0.39, 0.29) is 23.3 Å². The lowest BCUT2D eigenvalue weighted by molar-refractivity contribution is -0.138. The fourth-order valence-electron chi connectivity index (χ4n) is 3.95. The molecule has 4 atom stereocenters. The van der Waals surface area contributed by atoms with Crippen LogP contribution >= 0.6 is 0 Å². The van der Waals surface area contributed by atoms with Crippen LogP contribution in [-0.2, 0) is 4.79 Å². The lowest BCUT2D eigenvalue weighted by atomic mass is 9.65. The molecule has 2 bridgehead atoms. The van der Waals surface area contributed by atoms with Crippen LogP contribution in [0.4, 0.5) is 0 Å². The van der Waals surface area contributed by atoms with Crippen molar-refractivity contribution in [3.8, 4) is 0 Å². The number of nitrogens with two attached hydrogens (primary N) is 1. The highest BCUT2D eigenvalue weighted by Gasteiger charge is 2.62. The molecule has 0 heterocycles. The molecule has 0 aromatic heterocycles. The number of rotatable bonds is 3. The molecular formula is C12H21NO2. The van der Waals surface area contributed by atoms with Gasteiger partial charge in [-0.15, -0.1) is 0 Å². The highest BCUT2D eigenvalue weighted by Crippen LogP contribution is 2.66. The van der Waals surface area contributed by atoms with Crippen LogP contribution in [0.3, 0.4) is 0 Å². The number of carboxylic acid groups (broad SMARTS) is 1. The molecule has 2 rings (SSSR count). The van der Waals surface area contributed by atoms with Gasteiger partial charge in [0.15, 0.2) is 0 Å². The first-order valence-corrected chi connectivity index (χ1v) is 5.87. The van der Waals surface area contributed by atoms with Crippen molar-refractivity contribution in [2.75, 3.05) is 0 Å². The first-order valence-electron chi connectivity index (χ1n) is 5.87. The molecular weight excluding hydrogens is 190 g/mol. The summed E-state index contributed by atoms with van der Waals surface area (Å²) in [6.45, 7) is 4.51. The zero-order chi connectivity index (χ0) is 11.3. The zero-order valence-electron chi connectivity index (χ0n) is 9.62. The quantitative estimate of drug-likeness (QED) is 0.750. The molecule has 0 radical (unpaired) electrons. The van der Waals surface area contributed by atoms with E-state index in [1.807, 2.05) is 0 Å². The number of fused-ring (bicyclic) bond motifs is 2. The van der Waals surface area contributed by atoms with Crippen LogP contribution in [0, 0.1) is 16.7 Å². The van der Waals surface area contributed by atoms with Crippen molar-refractivity contribution < 1.29 is 9.90 Å². The Morgan fingerprint density at radius 2 is 2.20 bits per heavy atom. The zero-order valence-corrected chi connectivity index (χ0v) is 9.62. The first-order chi connectivity index (χ1) is 6.90. The summed E-state index contributed by atoms with van der Waals surface area (Å²) in [5.41, 5.74) is 6.52. The minimum absolute atomic E-state index is 0.158. The maximum Gasteiger partial charge on any atom is 0.303 e. The third-order valence-corrected chi connectivity index (χ3v) is 5.43. The Labute approximate surface area is 91.0 Å². The van der Waals surface area contributed by atoms with Gasteiger partial charge in [0, 0.05) is 12.5 Å². The van der Waals surface area contributed by atoms with Crippen molar-refractivity contribution in [1.29, 1.82) is 0 Å². The Bertz CT molecular complexity index is 291. The maximum atomic E-state index is 10.7. The van der Waals surface area contributed by atoms with E-state index in [2.05, 4.69) is 13.8 Å². The van der Waals surface area contributed by atoms with Gasteiger partial charge < -0.3 is 10.8 Å². The van der Waals surface area contributed by atoms with E-state index >= 15 is 0 Å². The van der Waals surface area contributed by atoms with Gasteiger partial charge in [-0.1, -0.05) is 13.8 Å². The second-order valence-electron chi connectivity index (χ2n) is 5.81. The summed E-state index contributed by atoms with van der Waals surface area (Å²) in [4.78, 5) is 10.7. The molecule has 0 spiro atoms. The number of hydrogen-bond donors (Lipinski definition) is 2. The van der Waals surface area contributed by atoms with Crippen LogP contribution in [0.1, 0.15) is 46.0 Å². The molecule has 15 heavy (non-hydrogen) atoms. The SMILES string of the molecule is C[C@@]1(CCC(=O)O)[C@@H]2CC[C@]1(C)[C@@H](N)C2. The summed E-state index contributed by atoms with van der Waals surface area (Å²) in [6.07, 6.45) is 4.58. The van der Waals surface area contributed by atoms with Gasteiger partial charge in [-0.05, 0) is 42.4 Å². The van der Waals surface area contributed by atoms with Gasteiger partial charge in [0.2, 0.25) is 0 Å². The lowest BCUT2D eigenvalue weighted by Crippen LogP contribution is -2.42. The second-order valence-corrected chi connectivity index (χ2v) is 5.81. The fourth-order valence-corrected chi connectivity index (χ4v) is 3.95. The number of hydrogen-bond acceptors (Lipinski definition) is 2. The van der Waals surface area contributed by atoms with Gasteiger partial charge >= 0.3 is 5.97 Å². The van der Waals surface area contributed by atoms with Crippen LogP contribution in [0.15, 0.2) is 0 Å². The third kappa shape index (κ3) is 1.32. The van der Waals surface area contributed by atoms with Gasteiger partial charge in [-0.2, -0.15) is 0 Å². The molecule has 3 nitrogen and oxygen atoms in total. The van der Waals surface area contributed by atoms with E-state index in [0.29, 0.717) is 5.92 Å². The van der Waals surface area contributed by atoms with Crippen molar-refractivity contribution in [1.82, 2.24) is 0 Å². The molecule has 0 aliphatic heterocycles. The minimum Gasteiger partial charge on any atom is -0.481 e. The third-order valence-electron chi connectivity index (χ3n) is 5.43. The molecule has 0 aromatic rings. The smallest absolute Gasteiger partial charge is 0.303 e. The summed E-state index contributed by atoms with van der Waals surface area (Å²) < 4.78 is 0. The average Bonchev–Trinajstić information content (AvgIpc) is 2.50. The second kappa shape index (κ2) is 3.21. The maximum absolute atomic E-state index is 10.7. The van der Waals surface area contributed by atoms with Gasteiger partial charge in [-0.3, -0.25) is 4.79 Å². The molecule has 0 unspecified atom stereocenters. The molecule has 0 saturated heterocycles. The molecule has 0 aromatic carbocycles. The Morgan fingerprint density at radius 1 is 1.53 bits per heavy atom. The minimum atomic E-state index is -0.681. The Kier molecular flexibility index (Phi) is 2.34. The van der Waals surface area contributed by atoms with Gasteiger partial charge in [0.25, 0.3) is 0 Å². The lowest BCUT2D eigenvalue weighted by Gasteiger charge is -2.40. The van der Waals surface area contributed by atoms with Crippen LogP contribution in [0.2, 0.25) is 0 Å². The number of carboxylic acids is 1. The predicted molar refractivity (Wildman–Crippen MR) is 58.4 cm³/mol. The van der Waals surface area contributed by atoms with Crippen LogP contribution in [-0.4, -0.2) is 17.1 Å². The Hall–Kier alpha value is -0.570. The summed E-state index contributed by atoms with van der Waals surface area (Å²) >= 11 is 0. The van der Waals surface area contributed by atoms with Crippen molar-refractivity contribution in [2.45, 2.75) is 52.0 Å². The normalized spacial score (nSPS) is 48.5. The Balaban J connectivity index is 2.17. The molecule has 3 N–H and O–H groups in total. The topological polar surface area (TPSA) is 63.3 Å². The molecule has 2 saturated carbocycles.